The fraction of sp³-hybridized carbons (Fsp3) is 0.909. The molecular formula is C11H24N2O4S. The summed E-state index contributed by atoms with van der Waals surface area (Å²) < 4.78 is 32.9. The molecule has 7 heteroatoms. The molecule has 0 aromatic rings. The summed E-state index contributed by atoms with van der Waals surface area (Å²) in [6, 6.07) is -0.895. The van der Waals surface area contributed by atoms with Crippen molar-refractivity contribution in [2.45, 2.75) is 53.2 Å². The van der Waals surface area contributed by atoms with Crippen LogP contribution in [0.25, 0.3) is 0 Å². The van der Waals surface area contributed by atoms with Gasteiger partial charge in [0.1, 0.15) is 11.6 Å². The van der Waals surface area contributed by atoms with Crippen molar-refractivity contribution in [2.75, 3.05) is 6.54 Å². The van der Waals surface area contributed by atoms with Crippen LogP contribution in [-0.4, -0.2) is 32.6 Å². The summed E-state index contributed by atoms with van der Waals surface area (Å²) in [4.78, 5) is 11.9. The fourth-order valence-electron chi connectivity index (χ4n) is 1.22. The van der Waals surface area contributed by atoms with Crippen molar-refractivity contribution in [1.82, 2.24) is 9.44 Å². The Labute approximate surface area is 110 Å². The van der Waals surface area contributed by atoms with Gasteiger partial charge in [-0.15, -0.1) is 0 Å². The van der Waals surface area contributed by atoms with Crippen LogP contribution in [0.15, 0.2) is 0 Å². The van der Waals surface area contributed by atoms with Gasteiger partial charge in [-0.1, -0.05) is 20.8 Å². The minimum Gasteiger partial charge on any atom is -0.459 e. The third-order valence-corrected chi connectivity index (χ3v) is 3.18. The normalized spacial score (nSPS) is 14.6. The predicted molar refractivity (Wildman–Crippen MR) is 70.2 cm³/mol. The van der Waals surface area contributed by atoms with Crippen molar-refractivity contribution >= 4 is 16.2 Å². The van der Waals surface area contributed by atoms with Crippen LogP contribution in [-0.2, 0) is 19.7 Å². The molecule has 6 nitrogen and oxygen atoms in total. The largest absolute Gasteiger partial charge is 0.459 e. The Morgan fingerprint density at radius 1 is 1.28 bits per heavy atom. The van der Waals surface area contributed by atoms with E-state index in [9.17, 15) is 13.2 Å². The standard InChI is InChI=1S/C11H24N2O4S/c1-7-12-18(15,16)13-9(8(2)3)10(14)17-11(4,5)6/h8-9,12-13H,7H2,1-6H3/t9-/m0/s1. The zero-order valence-electron chi connectivity index (χ0n) is 11.9. The molecule has 0 saturated carbocycles. The molecule has 0 saturated heterocycles. The van der Waals surface area contributed by atoms with E-state index in [1.165, 1.54) is 0 Å². The maximum atomic E-state index is 11.9. The second kappa shape index (κ2) is 6.49. The average molecular weight is 280 g/mol. The van der Waals surface area contributed by atoms with E-state index >= 15 is 0 Å². The number of hydrogen-bond donors (Lipinski definition) is 2. The van der Waals surface area contributed by atoms with E-state index in [1.807, 2.05) is 0 Å². The van der Waals surface area contributed by atoms with Crippen LogP contribution in [0.1, 0.15) is 41.5 Å². The van der Waals surface area contributed by atoms with Gasteiger partial charge in [0.05, 0.1) is 0 Å². The summed E-state index contributed by atoms with van der Waals surface area (Å²) in [5.74, 6) is -0.771. The molecule has 0 aliphatic heterocycles. The Hall–Kier alpha value is -0.660. The molecule has 0 unspecified atom stereocenters. The molecule has 0 fully saturated rings. The lowest BCUT2D eigenvalue weighted by molar-refractivity contribution is -0.158. The molecule has 0 amide bonds. The minimum atomic E-state index is -3.68. The summed E-state index contributed by atoms with van der Waals surface area (Å²) >= 11 is 0. The number of rotatable bonds is 6. The third kappa shape index (κ3) is 6.93. The molecule has 0 aromatic heterocycles. The van der Waals surface area contributed by atoms with E-state index in [4.69, 9.17) is 4.74 Å². The molecule has 0 spiro atoms. The lowest BCUT2D eigenvalue weighted by Gasteiger charge is -2.26. The number of esters is 1. The number of carbonyl (C=O) groups is 1. The highest BCUT2D eigenvalue weighted by molar-refractivity contribution is 7.87. The molecule has 108 valence electrons. The first kappa shape index (κ1) is 17.3. The molecule has 0 aliphatic rings. The molecule has 0 rings (SSSR count). The van der Waals surface area contributed by atoms with E-state index in [2.05, 4.69) is 9.44 Å². The number of carbonyl (C=O) groups excluding carboxylic acids is 1. The van der Waals surface area contributed by atoms with Gasteiger partial charge in [-0.25, -0.2) is 4.72 Å². The second-order valence-electron chi connectivity index (χ2n) is 5.37. The topological polar surface area (TPSA) is 84.5 Å². The summed E-state index contributed by atoms with van der Waals surface area (Å²) in [5, 5.41) is 0. The molecule has 0 aliphatic carbocycles. The van der Waals surface area contributed by atoms with Crippen molar-refractivity contribution in [3.63, 3.8) is 0 Å². The van der Waals surface area contributed by atoms with E-state index in [-0.39, 0.29) is 12.5 Å². The fourth-order valence-corrected chi connectivity index (χ4v) is 2.39. The van der Waals surface area contributed by atoms with Gasteiger partial charge in [0.25, 0.3) is 10.2 Å². The average Bonchev–Trinajstić information content (AvgIpc) is 2.10. The van der Waals surface area contributed by atoms with Crippen LogP contribution < -0.4 is 9.44 Å². The highest BCUT2D eigenvalue weighted by Crippen LogP contribution is 2.12. The van der Waals surface area contributed by atoms with Gasteiger partial charge in [-0.05, 0) is 26.7 Å². The van der Waals surface area contributed by atoms with E-state index in [1.54, 1.807) is 41.5 Å². The predicted octanol–water partition coefficient (Wildman–Crippen LogP) is 0.797. The third-order valence-electron chi connectivity index (χ3n) is 1.94. The first-order valence-corrected chi connectivity index (χ1v) is 7.46. The number of ether oxygens (including phenoxy) is 1. The smallest absolute Gasteiger partial charge is 0.325 e. The van der Waals surface area contributed by atoms with Crippen LogP contribution >= 0.6 is 0 Å². The highest BCUT2D eigenvalue weighted by Gasteiger charge is 2.31. The van der Waals surface area contributed by atoms with E-state index < -0.39 is 27.8 Å². The van der Waals surface area contributed by atoms with Gasteiger partial charge in [0, 0.05) is 6.54 Å². The summed E-state index contributed by atoms with van der Waals surface area (Å²) in [5.41, 5.74) is -0.645. The maximum absolute atomic E-state index is 11.9. The van der Waals surface area contributed by atoms with Gasteiger partial charge in [0.2, 0.25) is 0 Å². The summed E-state index contributed by atoms with van der Waals surface area (Å²) in [6.07, 6.45) is 0. The van der Waals surface area contributed by atoms with Crippen LogP contribution in [0, 0.1) is 5.92 Å². The minimum absolute atomic E-state index is 0.201. The van der Waals surface area contributed by atoms with Gasteiger partial charge >= 0.3 is 5.97 Å². The molecule has 1 atom stereocenters. The van der Waals surface area contributed by atoms with Crippen LogP contribution in [0.4, 0.5) is 0 Å². The van der Waals surface area contributed by atoms with Crippen molar-refractivity contribution in [3.05, 3.63) is 0 Å². The number of nitrogens with one attached hydrogen (secondary N) is 2. The molecule has 18 heavy (non-hydrogen) atoms. The first-order valence-electron chi connectivity index (χ1n) is 5.98. The lowest BCUT2D eigenvalue weighted by atomic mass is 10.1. The zero-order chi connectivity index (χ0) is 14.6. The number of hydrogen-bond acceptors (Lipinski definition) is 4. The maximum Gasteiger partial charge on any atom is 0.325 e. The molecular weight excluding hydrogens is 256 g/mol. The van der Waals surface area contributed by atoms with Crippen LogP contribution in [0.5, 0.6) is 0 Å². The Balaban J connectivity index is 4.84. The summed E-state index contributed by atoms with van der Waals surface area (Å²) in [6.45, 7) is 10.6. The van der Waals surface area contributed by atoms with Crippen LogP contribution in [0.2, 0.25) is 0 Å². The zero-order valence-corrected chi connectivity index (χ0v) is 12.7. The Morgan fingerprint density at radius 2 is 1.78 bits per heavy atom. The van der Waals surface area contributed by atoms with E-state index in [0.717, 1.165) is 0 Å². The monoisotopic (exact) mass is 280 g/mol. The second-order valence-corrected chi connectivity index (χ2v) is 6.91. The first-order chi connectivity index (χ1) is 7.98. The molecule has 0 heterocycles. The van der Waals surface area contributed by atoms with Gasteiger partial charge in [-0.2, -0.15) is 13.1 Å². The Morgan fingerprint density at radius 3 is 2.11 bits per heavy atom. The summed E-state index contributed by atoms with van der Waals surface area (Å²) in [7, 11) is -3.68. The van der Waals surface area contributed by atoms with Gasteiger partial charge in [-0.3, -0.25) is 4.79 Å². The quantitative estimate of drug-likeness (QED) is 0.705. The molecule has 0 radical (unpaired) electrons. The van der Waals surface area contributed by atoms with Crippen molar-refractivity contribution in [1.29, 1.82) is 0 Å². The highest BCUT2D eigenvalue weighted by atomic mass is 32.2. The molecule has 0 bridgehead atoms. The Kier molecular flexibility index (Phi) is 6.25. The van der Waals surface area contributed by atoms with Crippen molar-refractivity contribution < 1.29 is 17.9 Å². The van der Waals surface area contributed by atoms with Crippen molar-refractivity contribution in [2.24, 2.45) is 5.92 Å². The molecule has 0 aromatic carbocycles. The van der Waals surface area contributed by atoms with E-state index in [0.29, 0.717) is 0 Å². The van der Waals surface area contributed by atoms with Crippen LogP contribution in [0.3, 0.4) is 0 Å². The molecule has 2 N–H and O–H groups in total. The van der Waals surface area contributed by atoms with Gasteiger partial charge < -0.3 is 4.74 Å². The lowest BCUT2D eigenvalue weighted by Crippen LogP contribution is -2.50. The van der Waals surface area contributed by atoms with Gasteiger partial charge in [0.15, 0.2) is 0 Å². The SMILES string of the molecule is CCNS(=O)(=O)N[C@H](C(=O)OC(C)(C)C)C(C)C. The van der Waals surface area contributed by atoms with Crippen molar-refractivity contribution in [3.8, 4) is 0 Å². The Bertz CT molecular complexity index is 371.